The third-order valence-electron chi connectivity index (χ3n) is 2.75. The van der Waals surface area contributed by atoms with E-state index in [1.807, 2.05) is 11.8 Å². The second-order valence-corrected chi connectivity index (χ2v) is 5.74. The zero-order valence-electron chi connectivity index (χ0n) is 9.81. The number of nitrogens with one attached hydrogen (secondary N) is 1. The number of nitrogen functional groups attached to an aromatic ring is 1. The molecule has 0 aromatic carbocycles. The van der Waals surface area contributed by atoms with Crippen molar-refractivity contribution in [2.75, 3.05) is 18.8 Å². The van der Waals surface area contributed by atoms with Crippen LogP contribution in [0.4, 0.5) is 0 Å². The van der Waals surface area contributed by atoms with Crippen molar-refractivity contribution in [2.24, 2.45) is 5.84 Å². The van der Waals surface area contributed by atoms with Crippen LogP contribution in [0, 0.1) is 0 Å². The molecule has 3 N–H and O–H groups in total. The number of nitrogens with zero attached hydrogens (tertiary/aromatic N) is 1. The van der Waals surface area contributed by atoms with Gasteiger partial charge in [0.1, 0.15) is 12.0 Å². The number of carbonyl (C=O) groups excluding carboxylic acids is 1. The molecule has 1 aliphatic heterocycles. The average molecular weight is 255 g/mol. The second kappa shape index (κ2) is 5.57. The highest BCUT2D eigenvalue weighted by molar-refractivity contribution is 7.99. The Kier molecular flexibility index (Phi) is 4.09. The van der Waals surface area contributed by atoms with Crippen LogP contribution in [0.3, 0.4) is 0 Å². The monoisotopic (exact) mass is 255 g/mol. The Balaban J connectivity index is 1.94. The number of furan rings is 1. The fraction of sp³-hybridized carbons (Fsp3) is 0.545. The molecular formula is C11H17N3O2S. The number of thioether (sulfide) groups is 1. The van der Waals surface area contributed by atoms with Crippen LogP contribution < -0.4 is 11.3 Å². The third-order valence-corrected chi connectivity index (χ3v) is 3.89. The molecule has 0 saturated carbocycles. The molecule has 1 amide bonds. The lowest BCUT2D eigenvalue weighted by Crippen LogP contribution is -2.35. The molecule has 0 bridgehead atoms. The highest BCUT2D eigenvalue weighted by atomic mass is 32.2. The first-order valence-electron chi connectivity index (χ1n) is 5.61. The van der Waals surface area contributed by atoms with Crippen LogP contribution in [-0.4, -0.2) is 34.9 Å². The van der Waals surface area contributed by atoms with Crippen molar-refractivity contribution in [1.29, 1.82) is 0 Å². The van der Waals surface area contributed by atoms with Crippen molar-refractivity contribution in [2.45, 2.75) is 18.7 Å². The van der Waals surface area contributed by atoms with Crippen molar-refractivity contribution in [3.8, 4) is 0 Å². The molecule has 2 rings (SSSR count). The predicted octanol–water partition coefficient (Wildman–Crippen LogP) is 0.820. The molecule has 1 aromatic heterocycles. The minimum Gasteiger partial charge on any atom is -0.467 e. The summed E-state index contributed by atoms with van der Waals surface area (Å²) in [5.74, 6) is 6.70. The van der Waals surface area contributed by atoms with Gasteiger partial charge in [-0.3, -0.25) is 15.1 Å². The topological polar surface area (TPSA) is 71.5 Å². The summed E-state index contributed by atoms with van der Waals surface area (Å²) in [6.07, 6.45) is 1.44. The number of rotatable bonds is 3. The Morgan fingerprint density at radius 2 is 2.59 bits per heavy atom. The van der Waals surface area contributed by atoms with Gasteiger partial charge >= 0.3 is 0 Å². The average Bonchev–Trinajstić information content (AvgIpc) is 2.76. The molecule has 2 heterocycles. The lowest BCUT2D eigenvalue weighted by Gasteiger charge is -2.29. The highest BCUT2D eigenvalue weighted by Gasteiger charge is 2.18. The fourth-order valence-corrected chi connectivity index (χ4v) is 3.00. The van der Waals surface area contributed by atoms with Crippen molar-refractivity contribution in [3.63, 3.8) is 0 Å². The van der Waals surface area contributed by atoms with Gasteiger partial charge in [0.15, 0.2) is 0 Å². The van der Waals surface area contributed by atoms with Crippen LogP contribution in [0.1, 0.15) is 23.0 Å². The third kappa shape index (κ3) is 3.24. The molecule has 17 heavy (non-hydrogen) atoms. The summed E-state index contributed by atoms with van der Waals surface area (Å²) in [4.78, 5) is 13.6. The van der Waals surface area contributed by atoms with Gasteiger partial charge in [0.05, 0.1) is 12.1 Å². The largest absolute Gasteiger partial charge is 0.467 e. The maximum atomic E-state index is 11.3. The second-order valence-electron chi connectivity index (χ2n) is 4.19. The van der Waals surface area contributed by atoms with Crippen molar-refractivity contribution < 1.29 is 9.21 Å². The number of hydrazine groups is 1. The first-order valence-corrected chi connectivity index (χ1v) is 6.66. The Morgan fingerprint density at radius 1 is 1.76 bits per heavy atom. The van der Waals surface area contributed by atoms with Crippen LogP contribution in [0.2, 0.25) is 0 Å². The van der Waals surface area contributed by atoms with Crippen molar-refractivity contribution in [3.05, 3.63) is 23.7 Å². The van der Waals surface area contributed by atoms with E-state index in [0.717, 1.165) is 31.1 Å². The van der Waals surface area contributed by atoms with E-state index >= 15 is 0 Å². The van der Waals surface area contributed by atoms with Crippen molar-refractivity contribution in [1.82, 2.24) is 10.3 Å². The number of hydrogen-bond donors (Lipinski definition) is 2. The summed E-state index contributed by atoms with van der Waals surface area (Å²) in [7, 11) is 0. The van der Waals surface area contributed by atoms with Crippen LogP contribution in [0.25, 0.3) is 0 Å². The smallest absolute Gasteiger partial charge is 0.268 e. The highest BCUT2D eigenvalue weighted by Crippen LogP contribution is 2.20. The fourth-order valence-electron chi connectivity index (χ4n) is 1.92. The summed E-state index contributed by atoms with van der Waals surface area (Å²) in [5, 5.41) is 0.658. The Bertz CT molecular complexity index is 394. The summed E-state index contributed by atoms with van der Waals surface area (Å²) >= 11 is 1.99. The van der Waals surface area contributed by atoms with E-state index in [2.05, 4.69) is 17.2 Å². The minimum atomic E-state index is -0.317. The summed E-state index contributed by atoms with van der Waals surface area (Å²) in [6.45, 7) is 5.10. The normalized spacial score (nSPS) is 21.4. The molecule has 1 saturated heterocycles. The maximum Gasteiger partial charge on any atom is 0.268 e. The van der Waals surface area contributed by atoms with E-state index in [0.29, 0.717) is 10.8 Å². The maximum absolute atomic E-state index is 11.3. The van der Waals surface area contributed by atoms with Gasteiger partial charge in [0.25, 0.3) is 5.91 Å². The SMILES string of the molecule is CC1CN(Cc2cc(C(=O)NN)co2)CCS1. The van der Waals surface area contributed by atoms with E-state index in [-0.39, 0.29) is 5.91 Å². The van der Waals surface area contributed by atoms with Gasteiger partial charge in [-0.1, -0.05) is 6.92 Å². The molecular weight excluding hydrogens is 238 g/mol. The van der Waals surface area contributed by atoms with Gasteiger partial charge in [-0.15, -0.1) is 0 Å². The summed E-state index contributed by atoms with van der Waals surface area (Å²) in [5.41, 5.74) is 2.56. The van der Waals surface area contributed by atoms with E-state index in [1.165, 1.54) is 6.26 Å². The molecule has 0 spiro atoms. The molecule has 6 heteroatoms. The first-order chi connectivity index (χ1) is 8.19. The lowest BCUT2D eigenvalue weighted by atomic mass is 10.3. The van der Waals surface area contributed by atoms with Crippen LogP contribution >= 0.6 is 11.8 Å². The van der Waals surface area contributed by atoms with Crippen LogP contribution in [-0.2, 0) is 6.54 Å². The molecule has 1 unspecified atom stereocenters. The molecule has 1 atom stereocenters. The van der Waals surface area contributed by atoms with Crippen LogP contribution in [0.5, 0.6) is 0 Å². The van der Waals surface area contributed by atoms with E-state index < -0.39 is 0 Å². The summed E-state index contributed by atoms with van der Waals surface area (Å²) in [6, 6.07) is 1.74. The zero-order chi connectivity index (χ0) is 12.3. The summed E-state index contributed by atoms with van der Waals surface area (Å²) < 4.78 is 5.36. The predicted molar refractivity (Wildman–Crippen MR) is 67.6 cm³/mol. The first kappa shape index (κ1) is 12.5. The molecule has 0 aliphatic carbocycles. The Morgan fingerprint density at radius 3 is 3.29 bits per heavy atom. The van der Waals surface area contributed by atoms with E-state index in [1.54, 1.807) is 6.07 Å². The molecule has 1 aliphatic rings. The van der Waals surface area contributed by atoms with Crippen LogP contribution in [0.15, 0.2) is 16.7 Å². The van der Waals surface area contributed by atoms with E-state index in [9.17, 15) is 4.79 Å². The van der Waals surface area contributed by atoms with Gasteiger partial charge in [0, 0.05) is 24.1 Å². The molecule has 1 aromatic rings. The molecule has 94 valence electrons. The van der Waals surface area contributed by atoms with Gasteiger partial charge in [-0.2, -0.15) is 11.8 Å². The Labute approximate surface area is 105 Å². The molecule has 1 fully saturated rings. The van der Waals surface area contributed by atoms with Gasteiger partial charge < -0.3 is 4.42 Å². The van der Waals surface area contributed by atoms with Crippen molar-refractivity contribution >= 4 is 17.7 Å². The van der Waals surface area contributed by atoms with Gasteiger partial charge in [-0.25, -0.2) is 5.84 Å². The zero-order valence-corrected chi connectivity index (χ0v) is 10.6. The van der Waals surface area contributed by atoms with Gasteiger partial charge in [-0.05, 0) is 6.07 Å². The standard InChI is InChI=1S/C11H17N3O2S/c1-8-5-14(2-3-17-8)6-10-4-9(7-16-10)11(15)13-12/h4,7-8H,2-3,5-6,12H2,1H3,(H,13,15). The Hall–Kier alpha value is -0.980. The minimum absolute atomic E-state index is 0.317. The molecule has 5 nitrogen and oxygen atoms in total. The number of hydrogen-bond acceptors (Lipinski definition) is 5. The number of nitrogens with two attached hydrogens (primary N) is 1. The lowest BCUT2D eigenvalue weighted by molar-refractivity contribution is 0.0953. The van der Waals surface area contributed by atoms with E-state index in [4.69, 9.17) is 10.3 Å². The van der Waals surface area contributed by atoms with Gasteiger partial charge in [0.2, 0.25) is 0 Å². The number of amides is 1. The molecule has 0 radical (unpaired) electrons. The number of carbonyl (C=O) groups is 1. The quantitative estimate of drug-likeness (QED) is 0.475.